The summed E-state index contributed by atoms with van der Waals surface area (Å²) in [4.78, 5) is 16.0. The number of amides is 1. The van der Waals surface area contributed by atoms with Crippen molar-refractivity contribution in [2.45, 2.75) is 6.42 Å². The van der Waals surface area contributed by atoms with Crippen molar-refractivity contribution in [2.75, 3.05) is 6.54 Å². The number of benzene rings is 2. The largest absolute Gasteiger partial charge is 0.349 e. The molecule has 2 aromatic carbocycles. The van der Waals surface area contributed by atoms with Crippen molar-refractivity contribution in [2.24, 2.45) is 0 Å². The highest BCUT2D eigenvalue weighted by atomic mass is 19.1. The Balaban J connectivity index is 1.59. The van der Waals surface area contributed by atoms with Gasteiger partial charge >= 0.3 is 0 Å². The minimum absolute atomic E-state index is 0.0441. The Labute approximate surface area is 132 Å². The number of rotatable bonds is 5. The molecule has 116 valence electrons. The van der Waals surface area contributed by atoms with Gasteiger partial charge in [-0.25, -0.2) is 4.39 Å². The van der Waals surface area contributed by atoms with Gasteiger partial charge in [0.1, 0.15) is 5.82 Å². The van der Waals surface area contributed by atoms with E-state index < -0.39 is 5.91 Å². The van der Waals surface area contributed by atoms with Gasteiger partial charge in [-0.1, -0.05) is 35.5 Å². The number of carbonyl (C=O) groups is 1. The maximum atomic E-state index is 12.9. The molecule has 0 fully saturated rings. The Hall–Kier alpha value is -3.02. The molecule has 1 amide bonds. The number of halogens is 1. The third-order valence-corrected chi connectivity index (χ3v) is 3.26. The zero-order valence-electron chi connectivity index (χ0n) is 12.2. The van der Waals surface area contributed by atoms with Gasteiger partial charge < -0.3 is 9.84 Å². The molecule has 0 aliphatic carbocycles. The minimum Gasteiger partial charge on any atom is -0.349 e. The zero-order valence-corrected chi connectivity index (χ0v) is 12.2. The standard InChI is InChI=1S/C17H14FN3O2/c18-14-8-6-13(7-9-14)17-20-15(21-23-17)16(22)19-11-10-12-4-2-1-3-5-12/h1-9H,10-11H2,(H,19,22). The third kappa shape index (κ3) is 3.79. The highest BCUT2D eigenvalue weighted by Gasteiger charge is 2.15. The lowest BCUT2D eigenvalue weighted by atomic mass is 10.1. The average molecular weight is 311 g/mol. The molecule has 0 saturated heterocycles. The number of nitrogens with one attached hydrogen (secondary N) is 1. The predicted molar refractivity (Wildman–Crippen MR) is 82.2 cm³/mol. The van der Waals surface area contributed by atoms with Crippen LogP contribution in [0.2, 0.25) is 0 Å². The molecule has 0 saturated carbocycles. The molecule has 0 radical (unpaired) electrons. The molecule has 0 aliphatic heterocycles. The lowest BCUT2D eigenvalue weighted by Gasteiger charge is -2.02. The lowest BCUT2D eigenvalue weighted by molar-refractivity contribution is 0.0941. The van der Waals surface area contributed by atoms with Crippen molar-refractivity contribution < 1.29 is 13.7 Å². The van der Waals surface area contributed by atoms with Crippen LogP contribution in [0.3, 0.4) is 0 Å². The molecule has 1 heterocycles. The van der Waals surface area contributed by atoms with Crippen molar-refractivity contribution in [1.29, 1.82) is 0 Å². The van der Waals surface area contributed by atoms with Crippen LogP contribution < -0.4 is 5.32 Å². The van der Waals surface area contributed by atoms with Crippen LogP contribution in [0.4, 0.5) is 4.39 Å². The van der Waals surface area contributed by atoms with Crippen LogP contribution in [0, 0.1) is 5.82 Å². The van der Waals surface area contributed by atoms with E-state index >= 15 is 0 Å². The Morgan fingerprint density at radius 3 is 2.57 bits per heavy atom. The van der Waals surface area contributed by atoms with E-state index in [4.69, 9.17) is 4.52 Å². The van der Waals surface area contributed by atoms with Gasteiger partial charge in [0.05, 0.1) is 0 Å². The third-order valence-electron chi connectivity index (χ3n) is 3.26. The molecule has 5 nitrogen and oxygen atoms in total. The van der Waals surface area contributed by atoms with Gasteiger partial charge in [-0.05, 0) is 36.2 Å². The first-order valence-electron chi connectivity index (χ1n) is 7.14. The van der Waals surface area contributed by atoms with Crippen LogP contribution >= 0.6 is 0 Å². The van der Waals surface area contributed by atoms with E-state index in [0.29, 0.717) is 12.1 Å². The summed E-state index contributed by atoms with van der Waals surface area (Å²) in [5, 5.41) is 6.39. The van der Waals surface area contributed by atoms with Crippen LogP contribution in [0.15, 0.2) is 59.1 Å². The Morgan fingerprint density at radius 2 is 1.83 bits per heavy atom. The summed E-state index contributed by atoms with van der Waals surface area (Å²) in [5.41, 5.74) is 1.69. The molecule has 23 heavy (non-hydrogen) atoms. The summed E-state index contributed by atoms with van der Waals surface area (Å²) in [5.74, 6) is -0.624. The van der Waals surface area contributed by atoms with Gasteiger partial charge in [-0.15, -0.1) is 0 Å². The van der Waals surface area contributed by atoms with Gasteiger partial charge in [0, 0.05) is 12.1 Å². The first-order chi connectivity index (χ1) is 11.2. The van der Waals surface area contributed by atoms with Crippen LogP contribution in [-0.2, 0) is 6.42 Å². The number of carbonyl (C=O) groups excluding carboxylic acids is 1. The maximum absolute atomic E-state index is 12.9. The van der Waals surface area contributed by atoms with Crippen molar-refractivity contribution in [1.82, 2.24) is 15.5 Å². The number of hydrogen-bond donors (Lipinski definition) is 1. The van der Waals surface area contributed by atoms with E-state index in [0.717, 1.165) is 12.0 Å². The summed E-state index contributed by atoms with van der Waals surface area (Å²) in [6, 6.07) is 15.4. The molecule has 0 aliphatic rings. The van der Waals surface area contributed by atoms with E-state index in [1.165, 1.54) is 24.3 Å². The van der Waals surface area contributed by atoms with E-state index in [-0.39, 0.29) is 17.5 Å². The molecule has 6 heteroatoms. The number of hydrogen-bond acceptors (Lipinski definition) is 4. The second kappa shape index (κ2) is 6.83. The van der Waals surface area contributed by atoms with Crippen molar-refractivity contribution in [3.8, 4) is 11.5 Å². The quantitative estimate of drug-likeness (QED) is 0.786. The molecule has 1 N–H and O–H groups in total. The van der Waals surface area contributed by atoms with Crippen LogP contribution in [0.25, 0.3) is 11.5 Å². The van der Waals surface area contributed by atoms with Gasteiger partial charge in [0.2, 0.25) is 0 Å². The van der Waals surface area contributed by atoms with Crippen LogP contribution in [0.5, 0.6) is 0 Å². The summed E-state index contributed by atoms with van der Waals surface area (Å²) >= 11 is 0. The van der Waals surface area contributed by atoms with Gasteiger partial charge in [-0.3, -0.25) is 4.79 Å². The summed E-state index contributed by atoms with van der Waals surface area (Å²) < 4.78 is 17.9. The summed E-state index contributed by atoms with van der Waals surface area (Å²) in [6.07, 6.45) is 0.718. The maximum Gasteiger partial charge on any atom is 0.292 e. The second-order valence-electron chi connectivity index (χ2n) is 4.92. The second-order valence-corrected chi connectivity index (χ2v) is 4.92. The number of aromatic nitrogens is 2. The fraction of sp³-hybridized carbons (Fsp3) is 0.118. The molecule has 0 bridgehead atoms. The fourth-order valence-corrected chi connectivity index (χ4v) is 2.07. The molecule has 0 spiro atoms. The first-order valence-corrected chi connectivity index (χ1v) is 7.14. The summed E-state index contributed by atoms with van der Waals surface area (Å²) in [7, 11) is 0. The van der Waals surface area contributed by atoms with E-state index in [1.807, 2.05) is 30.3 Å². The van der Waals surface area contributed by atoms with Crippen LogP contribution in [-0.4, -0.2) is 22.6 Å². The van der Waals surface area contributed by atoms with Gasteiger partial charge in [0.25, 0.3) is 17.6 Å². The molecule has 1 aromatic heterocycles. The van der Waals surface area contributed by atoms with Crippen molar-refractivity contribution in [3.05, 3.63) is 71.8 Å². The number of nitrogens with zero attached hydrogens (tertiary/aromatic N) is 2. The Kier molecular flexibility index (Phi) is 4.42. The van der Waals surface area contributed by atoms with Crippen molar-refractivity contribution in [3.63, 3.8) is 0 Å². The first kappa shape index (κ1) is 14.9. The Bertz CT molecular complexity index is 785. The molecule has 0 unspecified atom stereocenters. The topological polar surface area (TPSA) is 68.0 Å². The lowest BCUT2D eigenvalue weighted by Crippen LogP contribution is -2.26. The predicted octanol–water partition coefficient (Wildman–Crippen LogP) is 2.85. The molecular weight excluding hydrogens is 297 g/mol. The van der Waals surface area contributed by atoms with Crippen molar-refractivity contribution >= 4 is 5.91 Å². The highest BCUT2D eigenvalue weighted by molar-refractivity contribution is 5.90. The Morgan fingerprint density at radius 1 is 1.09 bits per heavy atom. The molecular formula is C17H14FN3O2. The minimum atomic E-state index is -0.405. The normalized spacial score (nSPS) is 10.5. The monoisotopic (exact) mass is 311 g/mol. The van der Waals surface area contributed by atoms with Gasteiger partial charge in [0.15, 0.2) is 0 Å². The van der Waals surface area contributed by atoms with Gasteiger partial charge in [-0.2, -0.15) is 4.98 Å². The SMILES string of the molecule is O=C(NCCc1ccccc1)c1noc(-c2ccc(F)cc2)n1. The fourth-order valence-electron chi connectivity index (χ4n) is 2.07. The average Bonchev–Trinajstić information content (AvgIpc) is 3.06. The zero-order chi connectivity index (χ0) is 16.1. The smallest absolute Gasteiger partial charge is 0.292 e. The molecule has 3 rings (SSSR count). The summed E-state index contributed by atoms with van der Waals surface area (Å²) in [6.45, 7) is 0.475. The molecule has 0 atom stereocenters. The molecule has 3 aromatic rings. The van der Waals surface area contributed by atoms with E-state index in [2.05, 4.69) is 15.5 Å². The highest BCUT2D eigenvalue weighted by Crippen LogP contribution is 2.17. The van der Waals surface area contributed by atoms with Crippen LogP contribution in [0.1, 0.15) is 16.2 Å². The van der Waals surface area contributed by atoms with E-state index in [1.54, 1.807) is 0 Å². The van der Waals surface area contributed by atoms with E-state index in [9.17, 15) is 9.18 Å².